The Labute approximate surface area is 167 Å². The maximum atomic E-state index is 14.0. The molecule has 2 heterocycles. The highest BCUT2D eigenvalue weighted by molar-refractivity contribution is 7.89. The van der Waals surface area contributed by atoms with E-state index in [9.17, 15) is 22.4 Å². The molecule has 1 aliphatic heterocycles. The standard InChI is InChI=1S/C18H19FN4O5S/c1-12(16(24)22-18-20-9-5-10-21-18)28-17(25)14-7-4-11-23(14)29(26,27)15-8-3-2-6-13(15)19/h2-3,5-6,8-10,12,14H,4,7,11H2,1H3,(H,20,21,22,24)/t12-,14-/m1/s1. The van der Waals surface area contributed by atoms with Crippen molar-refractivity contribution in [2.45, 2.75) is 36.8 Å². The summed E-state index contributed by atoms with van der Waals surface area (Å²) in [6.07, 6.45) is 2.28. The fraction of sp³-hybridized carbons (Fsp3) is 0.333. The van der Waals surface area contributed by atoms with Gasteiger partial charge in [-0.3, -0.25) is 14.9 Å². The Morgan fingerprint density at radius 3 is 2.62 bits per heavy atom. The van der Waals surface area contributed by atoms with Crippen LogP contribution in [0.1, 0.15) is 19.8 Å². The van der Waals surface area contributed by atoms with Crippen LogP contribution in [0.4, 0.5) is 10.3 Å². The Hall–Kier alpha value is -2.92. The summed E-state index contributed by atoms with van der Waals surface area (Å²) in [7, 11) is -4.23. The van der Waals surface area contributed by atoms with Crippen LogP contribution in [0.15, 0.2) is 47.6 Å². The summed E-state index contributed by atoms with van der Waals surface area (Å²) in [6.45, 7) is 1.40. The number of carbonyl (C=O) groups excluding carboxylic acids is 2. The Bertz CT molecular complexity index is 1000. The van der Waals surface area contributed by atoms with Gasteiger partial charge >= 0.3 is 5.97 Å². The molecule has 0 aliphatic carbocycles. The van der Waals surface area contributed by atoms with E-state index in [1.165, 1.54) is 31.5 Å². The van der Waals surface area contributed by atoms with Gasteiger partial charge < -0.3 is 4.74 Å². The molecule has 0 unspecified atom stereocenters. The van der Waals surface area contributed by atoms with E-state index in [4.69, 9.17) is 4.74 Å². The van der Waals surface area contributed by atoms with Crippen LogP contribution in [-0.2, 0) is 24.3 Å². The van der Waals surface area contributed by atoms with Crippen molar-refractivity contribution in [1.29, 1.82) is 0 Å². The molecule has 2 aromatic rings. The molecule has 1 saturated heterocycles. The van der Waals surface area contributed by atoms with Gasteiger partial charge in [-0.05, 0) is 38.0 Å². The summed E-state index contributed by atoms with van der Waals surface area (Å²) in [5.74, 6) is -2.39. The van der Waals surface area contributed by atoms with E-state index in [1.807, 2.05) is 0 Å². The topological polar surface area (TPSA) is 119 Å². The van der Waals surface area contributed by atoms with Crippen LogP contribution in [-0.4, -0.2) is 53.3 Å². The molecule has 1 aromatic carbocycles. The van der Waals surface area contributed by atoms with Crippen molar-refractivity contribution in [2.75, 3.05) is 11.9 Å². The quantitative estimate of drug-likeness (QED) is 0.698. The van der Waals surface area contributed by atoms with Gasteiger partial charge in [0.05, 0.1) is 0 Å². The molecule has 1 aliphatic rings. The minimum atomic E-state index is -4.23. The van der Waals surface area contributed by atoms with Gasteiger partial charge in [-0.1, -0.05) is 12.1 Å². The number of hydrogen-bond donors (Lipinski definition) is 1. The molecule has 0 spiro atoms. The van der Waals surface area contributed by atoms with Gasteiger partial charge in [0, 0.05) is 18.9 Å². The van der Waals surface area contributed by atoms with Crippen molar-refractivity contribution in [1.82, 2.24) is 14.3 Å². The Kier molecular flexibility index (Phi) is 6.18. The van der Waals surface area contributed by atoms with E-state index in [0.29, 0.717) is 6.42 Å². The smallest absolute Gasteiger partial charge is 0.325 e. The van der Waals surface area contributed by atoms with Crippen molar-refractivity contribution >= 4 is 27.8 Å². The molecule has 1 fully saturated rings. The molecule has 2 atom stereocenters. The number of nitrogens with zero attached hydrogens (tertiary/aromatic N) is 3. The number of hydrogen-bond acceptors (Lipinski definition) is 7. The summed E-state index contributed by atoms with van der Waals surface area (Å²) in [5, 5.41) is 2.39. The average Bonchev–Trinajstić information content (AvgIpc) is 3.20. The zero-order valence-electron chi connectivity index (χ0n) is 15.5. The highest BCUT2D eigenvalue weighted by Gasteiger charge is 2.42. The lowest BCUT2D eigenvalue weighted by atomic mass is 10.2. The maximum absolute atomic E-state index is 14.0. The first kappa shape index (κ1) is 20.8. The number of halogens is 1. The molecule has 0 bridgehead atoms. The molecule has 0 saturated carbocycles. The molecular formula is C18H19FN4O5S. The number of carbonyl (C=O) groups is 2. The number of nitrogens with one attached hydrogen (secondary N) is 1. The molecule has 154 valence electrons. The van der Waals surface area contributed by atoms with Crippen molar-refractivity contribution in [2.24, 2.45) is 0 Å². The number of amides is 1. The van der Waals surface area contributed by atoms with Gasteiger partial charge in [-0.2, -0.15) is 4.31 Å². The minimum absolute atomic E-state index is 0.0463. The van der Waals surface area contributed by atoms with Gasteiger partial charge in [0.25, 0.3) is 5.91 Å². The molecular weight excluding hydrogens is 403 g/mol. The van der Waals surface area contributed by atoms with Gasteiger partial charge in [-0.15, -0.1) is 0 Å². The number of sulfonamides is 1. The van der Waals surface area contributed by atoms with Crippen LogP contribution in [0.3, 0.4) is 0 Å². The third kappa shape index (κ3) is 4.57. The number of ether oxygens (including phenoxy) is 1. The largest absolute Gasteiger partial charge is 0.451 e. The lowest BCUT2D eigenvalue weighted by Gasteiger charge is -2.24. The zero-order valence-corrected chi connectivity index (χ0v) is 16.3. The highest BCUT2D eigenvalue weighted by atomic mass is 32.2. The van der Waals surface area contributed by atoms with Crippen LogP contribution in [0.25, 0.3) is 0 Å². The predicted molar refractivity (Wildman–Crippen MR) is 99.5 cm³/mol. The third-order valence-corrected chi connectivity index (χ3v) is 6.30. The van der Waals surface area contributed by atoms with Gasteiger partial charge in [0.1, 0.15) is 16.8 Å². The van der Waals surface area contributed by atoms with Crippen LogP contribution >= 0.6 is 0 Å². The van der Waals surface area contributed by atoms with Crippen LogP contribution < -0.4 is 5.32 Å². The molecule has 11 heteroatoms. The first-order chi connectivity index (χ1) is 13.8. The Morgan fingerprint density at radius 2 is 1.93 bits per heavy atom. The first-order valence-electron chi connectivity index (χ1n) is 8.85. The minimum Gasteiger partial charge on any atom is -0.451 e. The van der Waals surface area contributed by atoms with Crippen LogP contribution in [0.5, 0.6) is 0 Å². The Balaban J connectivity index is 1.70. The molecule has 1 N–H and O–H groups in total. The lowest BCUT2D eigenvalue weighted by molar-refractivity contribution is -0.156. The van der Waals surface area contributed by atoms with Crippen molar-refractivity contribution in [3.63, 3.8) is 0 Å². The second kappa shape index (κ2) is 8.62. The third-order valence-electron chi connectivity index (χ3n) is 4.36. The summed E-state index contributed by atoms with van der Waals surface area (Å²) < 4.78 is 45.7. The van der Waals surface area contributed by atoms with Gasteiger partial charge in [-0.25, -0.2) is 22.8 Å². The molecule has 3 rings (SSSR count). The molecule has 0 radical (unpaired) electrons. The zero-order chi connectivity index (χ0) is 21.0. The maximum Gasteiger partial charge on any atom is 0.325 e. The van der Waals surface area contributed by atoms with Crippen molar-refractivity contribution < 1.29 is 27.1 Å². The van der Waals surface area contributed by atoms with Crippen LogP contribution in [0.2, 0.25) is 0 Å². The second-order valence-corrected chi connectivity index (χ2v) is 8.20. The summed E-state index contributed by atoms with van der Waals surface area (Å²) in [5.41, 5.74) is 0. The monoisotopic (exact) mass is 422 g/mol. The molecule has 9 nitrogen and oxygen atoms in total. The normalized spacial score (nSPS) is 18.2. The number of aromatic nitrogens is 2. The summed E-state index contributed by atoms with van der Waals surface area (Å²) in [4.78, 5) is 31.9. The highest BCUT2D eigenvalue weighted by Crippen LogP contribution is 2.28. The first-order valence-corrected chi connectivity index (χ1v) is 10.3. The second-order valence-electron chi connectivity index (χ2n) is 6.34. The summed E-state index contributed by atoms with van der Waals surface area (Å²) in [6, 6.07) is 5.39. The van der Waals surface area contributed by atoms with E-state index >= 15 is 0 Å². The van der Waals surface area contributed by atoms with E-state index in [0.717, 1.165) is 16.4 Å². The predicted octanol–water partition coefficient (Wildman–Crippen LogP) is 1.34. The number of rotatable bonds is 6. The van der Waals surface area contributed by atoms with E-state index in [2.05, 4.69) is 15.3 Å². The van der Waals surface area contributed by atoms with Crippen molar-refractivity contribution in [3.8, 4) is 0 Å². The Morgan fingerprint density at radius 1 is 1.24 bits per heavy atom. The number of esters is 1. The average molecular weight is 422 g/mol. The fourth-order valence-corrected chi connectivity index (χ4v) is 4.64. The number of anilines is 1. The van der Waals surface area contributed by atoms with E-state index in [1.54, 1.807) is 6.07 Å². The van der Waals surface area contributed by atoms with Crippen LogP contribution in [0, 0.1) is 5.82 Å². The van der Waals surface area contributed by atoms with E-state index in [-0.39, 0.29) is 18.9 Å². The lowest BCUT2D eigenvalue weighted by Crippen LogP contribution is -2.43. The molecule has 1 aromatic heterocycles. The molecule has 1 amide bonds. The SMILES string of the molecule is C[C@@H](OC(=O)[C@H]1CCCN1S(=O)(=O)c1ccccc1F)C(=O)Nc1ncccn1. The van der Waals surface area contributed by atoms with Crippen molar-refractivity contribution in [3.05, 3.63) is 48.5 Å². The molecule has 29 heavy (non-hydrogen) atoms. The number of benzene rings is 1. The van der Waals surface area contributed by atoms with Gasteiger partial charge in [0.15, 0.2) is 6.10 Å². The fourth-order valence-electron chi connectivity index (χ4n) is 2.93. The van der Waals surface area contributed by atoms with Gasteiger partial charge in [0.2, 0.25) is 16.0 Å². The van der Waals surface area contributed by atoms with E-state index < -0.39 is 44.8 Å². The summed E-state index contributed by atoms with van der Waals surface area (Å²) >= 11 is 0.